The summed E-state index contributed by atoms with van der Waals surface area (Å²) in [4.78, 5) is 24.2. The van der Waals surface area contributed by atoms with Gasteiger partial charge in [-0.1, -0.05) is 36.4 Å². The maximum Gasteiger partial charge on any atom is 0.275 e. The second-order valence-corrected chi connectivity index (χ2v) is 5.39. The van der Waals surface area contributed by atoms with Crippen LogP contribution in [0.5, 0.6) is 0 Å². The number of fused-ring (bicyclic) bond motifs is 1. The zero-order valence-electron chi connectivity index (χ0n) is 12.9. The predicted molar refractivity (Wildman–Crippen MR) is 89.1 cm³/mol. The molecule has 0 radical (unpaired) electrons. The van der Waals surface area contributed by atoms with Crippen LogP contribution in [0.25, 0.3) is 10.8 Å². The Labute approximate surface area is 137 Å². The number of nitrogens with zero attached hydrogens (tertiary/aromatic N) is 2. The SMILES string of the molecule is O=C(Cn1ncc2ccccc2c1=O)NCCc1ccccc1F. The molecule has 0 aliphatic rings. The second-order valence-electron chi connectivity index (χ2n) is 5.39. The van der Waals surface area contributed by atoms with Gasteiger partial charge in [0.1, 0.15) is 12.4 Å². The van der Waals surface area contributed by atoms with Crippen molar-refractivity contribution in [3.05, 3.63) is 76.5 Å². The number of hydrogen-bond donors (Lipinski definition) is 1. The van der Waals surface area contributed by atoms with Crippen molar-refractivity contribution >= 4 is 16.7 Å². The van der Waals surface area contributed by atoms with Gasteiger partial charge in [0.25, 0.3) is 5.56 Å². The molecule has 0 saturated heterocycles. The fourth-order valence-electron chi connectivity index (χ4n) is 2.47. The standard InChI is InChI=1S/C18H16FN3O2/c19-16-8-4-2-5-13(16)9-10-20-17(23)12-22-18(24)15-7-3-1-6-14(15)11-21-22/h1-8,11H,9-10,12H2,(H,20,23). The van der Waals surface area contributed by atoms with E-state index in [1.54, 1.807) is 42.6 Å². The van der Waals surface area contributed by atoms with Crippen molar-refractivity contribution in [1.29, 1.82) is 0 Å². The topological polar surface area (TPSA) is 64.0 Å². The fraction of sp³-hybridized carbons (Fsp3) is 0.167. The van der Waals surface area contributed by atoms with Crippen molar-refractivity contribution in [2.75, 3.05) is 6.54 Å². The summed E-state index contributed by atoms with van der Waals surface area (Å²) >= 11 is 0. The van der Waals surface area contributed by atoms with E-state index in [9.17, 15) is 14.0 Å². The van der Waals surface area contributed by atoms with Crippen LogP contribution in [0.15, 0.2) is 59.5 Å². The first-order chi connectivity index (χ1) is 11.6. The number of amides is 1. The van der Waals surface area contributed by atoms with Gasteiger partial charge in [-0.2, -0.15) is 5.10 Å². The summed E-state index contributed by atoms with van der Waals surface area (Å²) in [6.45, 7) is 0.128. The highest BCUT2D eigenvalue weighted by Gasteiger charge is 2.08. The molecule has 1 aromatic heterocycles. The zero-order valence-corrected chi connectivity index (χ0v) is 12.9. The molecule has 2 aromatic carbocycles. The Bertz CT molecular complexity index is 937. The maximum atomic E-state index is 13.5. The van der Waals surface area contributed by atoms with Crippen LogP contribution in [-0.2, 0) is 17.8 Å². The van der Waals surface area contributed by atoms with Crippen molar-refractivity contribution in [2.24, 2.45) is 0 Å². The number of carbonyl (C=O) groups is 1. The molecule has 0 unspecified atom stereocenters. The third-order valence-electron chi connectivity index (χ3n) is 3.73. The third kappa shape index (κ3) is 3.48. The molecular formula is C18H16FN3O2. The van der Waals surface area contributed by atoms with Crippen molar-refractivity contribution in [3.63, 3.8) is 0 Å². The van der Waals surface area contributed by atoms with E-state index in [0.29, 0.717) is 23.9 Å². The van der Waals surface area contributed by atoms with Crippen molar-refractivity contribution in [2.45, 2.75) is 13.0 Å². The molecule has 0 fully saturated rings. The molecule has 6 heteroatoms. The van der Waals surface area contributed by atoms with Gasteiger partial charge in [0.05, 0.1) is 11.6 Å². The van der Waals surface area contributed by atoms with E-state index in [2.05, 4.69) is 10.4 Å². The minimum absolute atomic E-state index is 0.166. The molecular weight excluding hydrogens is 309 g/mol. The molecule has 0 aliphatic heterocycles. The minimum Gasteiger partial charge on any atom is -0.354 e. The average Bonchev–Trinajstić information content (AvgIpc) is 2.59. The van der Waals surface area contributed by atoms with Gasteiger partial charge >= 0.3 is 0 Å². The first-order valence-electron chi connectivity index (χ1n) is 7.60. The Morgan fingerprint density at radius 3 is 2.71 bits per heavy atom. The number of carbonyl (C=O) groups excluding carboxylic acids is 1. The number of benzene rings is 2. The van der Waals surface area contributed by atoms with E-state index in [-0.39, 0.29) is 23.8 Å². The second kappa shape index (κ2) is 7.04. The number of aromatic nitrogens is 2. The number of halogens is 1. The predicted octanol–water partition coefficient (Wildman–Crippen LogP) is 1.89. The lowest BCUT2D eigenvalue weighted by Gasteiger charge is -2.08. The third-order valence-corrected chi connectivity index (χ3v) is 3.73. The lowest BCUT2D eigenvalue weighted by molar-refractivity contribution is -0.121. The largest absolute Gasteiger partial charge is 0.354 e. The fourth-order valence-corrected chi connectivity index (χ4v) is 2.47. The Morgan fingerprint density at radius 2 is 1.88 bits per heavy atom. The van der Waals surface area contributed by atoms with Gasteiger partial charge in [0, 0.05) is 11.9 Å². The minimum atomic E-state index is -0.337. The first kappa shape index (κ1) is 15.9. The molecule has 0 saturated carbocycles. The van der Waals surface area contributed by atoms with Crippen LogP contribution in [0.1, 0.15) is 5.56 Å². The van der Waals surface area contributed by atoms with E-state index in [1.165, 1.54) is 6.07 Å². The summed E-state index contributed by atoms with van der Waals surface area (Å²) in [5.41, 5.74) is 0.233. The zero-order chi connectivity index (χ0) is 16.9. The quantitative estimate of drug-likeness (QED) is 0.779. The molecule has 3 aromatic rings. The van der Waals surface area contributed by atoms with Gasteiger partial charge in [-0.05, 0) is 24.1 Å². The van der Waals surface area contributed by atoms with Crippen molar-refractivity contribution in [3.8, 4) is 0 Å². The first-order valence-corrected chi connectivity index (χ1v) is 7.60. The van der Waals surface area contributed by atoms with Gasteiger partial charge in [0.15, 0.2) is 0 Å². The summed E-state index contributed by atoms with van der Waals surface area (Å²) < 4.78 is 14.6. The van der Waals surface area contributed by atoms with Crippen molar-refractivity contribution in [1.82, 2.24) is 15.1 Å². The Morgan fingerprint density at radius 1 is 1.12 bits per heavy atom. The Hall–Kier alpha value is -3.02. The normalized spacial score (nSPS) is 10.7. The number of rotatable bonds is 5. The van der Waals surface area contributed by atoms with Crippen LogP contribution in [0, 0.1) is 5.82 Å². The van der Waals surface area contributed by atoms with E-state index >= 15 is 0 Å². The van der Waals surface area contributed by atoms with Crippen LogP contribution < -0.4 is 10.9 Å². The lowest BCUT2D eigenvalue weighted by Crippen LogP contribution is -2.34. The molecule has 0 atom stereocenters. The number of nitrogens with one attached hydrogen (secondary N) is 1. The Balaban J connectivity index is 1.62. The Kier molecular flexibility index (Phi) is 4.65. The molecule has 3 rings (SSSR count). The molecule has 0 bridgehead atoms. The van der Waals surface area contributed by atoms with E-state index < -0.39 is 0 Å². The van der Waals surface area contributed by atoms with Crippen LogP contribution in [-0.4, -0.2) is 22.2 Å². The monoisotopic (exact) mass is 325 g/mol. The average molecular weight is 325 g/mol. The summed E-state index contributed by atoms with van der Waals surface area (Å²) in [5.74, 6) is -0.629. The van der Waals surface area contributed by atoms with E-state index in [4.69, 9.17) is 0 Å². The van der Waals surface area contributed by atoms with Crippen LogP contribution in [0.4, 0.5) is 4.39 Å². The highest BCUT2D eigenvalue weighted by molar-refractivity contribution is 5.81. The highest BCUT2D eigenvalue weighted by Crippen LogP contribution is 2.07. The molecule has 24 heavy (non-hydrogen) atoms. The summed E-state index contributed by atoms with van der Waals surface area (Å²) in [7, 11) is 0. The van der Waals surface area contributed by atoms with Gasteiger partial charge in [-0.25, -0.2) is 9.07 Å². The molecule has 1 heterocycles. The maximum absolute atomic E-state index is 13.5. The molecule has 1 N–H and O–H groups in total. The molecule has 0 spiro atoms. The van der Waals surface area contributed by atoms with Gasteiger partial charge < -0.3 is 5.32 Å². The summed E-state index contributed by atoms with van der Waals surface area (Å²) in [6.07, 6.45) is 1.95. The van der Waals surface area contributed by atoms with Crippen LogP contribution >= 0.6 is 0 Å². The van der Waals surface area contributed by atoms with E-state index in [0.717, 1.165) is 10.1 Å². The molecule has 1 amide bonds. The molecule has 0 aliphatic carbocycles. The smallest absolute Gasteiger partial charge is 0.275 e. The highest BCUT2D eigenvalue weighted by atomic mass is 19.1. The van der Waals surface area contributed by atoms with Crippen LogP contribution in [0.3, 0.4) is 0 Å². The summed E-state index contributed by atoms with van der Waals surface area (Å²) in [5, 5.41) is 7.94. The molecule has 5 nitrogen and oxygen atoms in total. The lowest BCUT2D eigenvalue weighted by atomic mass is 10.1. The van der Waals surface area contributed by atoms with Gasteiger partial charge in [-0.3, -0.25) is 9.59 Å². The molecule has 122 valence electrons. The van der Waals surface area contributed by atoms with Gasteiger partial charge in [-0.15, -0.1) is 0 Å². The van der Waals surface area contributed by atoms with E-state index in [1.807, 2.05) is 6.07 Å². The summed E-state index contributed by atoms with van der Waals surface area (Å²) in [6, 6.07) is 13.5. The van der Waals surface area contributed by atoms with Crippen molar-refractivity contribution < 1.29 is 9.18 Å². The van der Waals surface area contributed by atoms with Crippen LogP contribution in [0.2, 0.25) is 0 Å². The van der Waals surface area contributed by atoms with Gasteiger partial charge in [0.2, 0.25) is 5.91 Å². The number of hydrogen-bond acceptors (Lipinski definition) is 3.